The van der Waals surface area contributed by atoms with E-state index in [9.17, 15) is 4.79 Å². The van der Waals surface area contributed by atoms with Crippen molar-refractivity contribution in [3.63, 3.8) is 0 Å². The lowest BCUT2D eigenvalue weighted by molar-refractivity contribution is 0.0951. The molecule has 0 radical (unpaired) electrons. The van der Waals surface area contributed by atoms with E-state index in [1.165, 1.54) is 0 Å². The number of amides is 1. The third kappa shape index (κ3) is 5.51. The molecule has 7 heteroatoms. The van der Waals surface area contributed by atoms with E-state index in [2.05, 4.69) is 27.4 Å². The number of anilines is 2. The van der Waals surface area contributed by atoms with Gasteiger partial charge in [-0.15, -0.1) is 0 Å². The fourth-order valence-corrected chi connectivity index (χ4v) is 4.61. The second kappa shape index (κ2) is 10.5. The van der Waals surface area contributed by atoms with E-state index >= 15 is 0 Å². The third-order valence-electron chi connectivity index (χ3n) is 6.98. The number of hydrogen-bond acceptors (Lipinski definition) is 6. The number of nitrogens with zero attached hydrogens (tertiary/aromatic N) is 2. The number of likely N-dealkylation sites (tertiary alicyclic amines) is 1. The summed E-state index contributed by atoms with van der Waals surface area (Å²) in [5.41, 5.74) is 2.90. The molecule has 0 unspecified atom stereocenters. The average Bonchev–Trinajstić information content (AvgIpc) is 3.72. The van der Waals surface area contributed by atoms with Crippen LogP contribution in [0.2, 0.25) is 0 Å². The molecule has 1 aliphatic heterocycles. The van der Waals surface area contributed by atoms with Crippen molar-refractivity contribution in [2.75, 3.05) is 38.7 Å². The van der Waals surface area contributed by atoms with Gasteiger partial charge in [-0.05, 0) is 69.4 Å². The van der Waals surface area contributed by atoms with Gasteiger partial charge in [0.05, 0.1) is 30.5 Å². The van der Waals surface area contributed by atoms with Crippen LogP contribution in [0, 0.1) is 5.92 Å². The maximum absolute atomic E-state index is 13.1. The van der Waals surface area contributed by atoms with Crippen molar-refractivity contribution in [1.29, 1.82) is 0 Å². The van der Waals surface area contributed by atoms with Crippen molar-refractivity contribution in [1.82, 2.24) is 15.2 Å². The van der Waals surface area contributed by atoms with E-state index in [0.717, 1.165) is 67.6 Å². The second-order valence-electron chi connectivity index (χ2n) is 9.49. The number of piperidine rings is 1. The van der Waals surface area contributed by atoms with Crippen LogP contribution in [-0.2, 0) is 0 Å². The molecule has 2 aromatic carbocycles. The second-order valence-corrected chi connectivity index (χ2v) is 9.49. The molecule has 0 spiro atoms. The predicted molar refractivity (Wildman–Crippen MR) is 139 cm³/mol. The Balaban J connectivity index is 1.48. The van der Waals surface area contributed by atoms with E-state index in [-0.39, 0.29) is 11.9 Å². The maximum atomic E-state index is 13.1. The van der Waals surface area contributed by atoms with Gasteiger partial charge in [-0.2, -0.15) is 0 Å². The van der Waals surface area contributed by atoms with E-state index in [4.69, 9.17) is 9.47 Å². The number of fused-ring (bicyclic) bond motifs is 1. The van der Waals surface area contributed by atoms with Crippen LogP contribution in [0.15, 0.2) is 48.7 Å². The average molecular weight is 475 g/mol. The molecule has 7 nitrogen and oxygen atoms in total. The van der Waals surface area contributed by atoms with Crippen molar-refractivity contribution in [3.8, 4) is 11.5 Å². The molecule has 2 heterocycles. The molecule has 1 saturated heterocycles. The highest BCUT2D eigenvalue weighted by atomic mass is 16.5. The van der Waals surface area contributed by atoms with Gasteiger partial charge in [-0.1, -0.05) is 25.1 Å². The molecule has 2 aliphatic rings. The lowest BCUT2D eigenvalue weighted by Gasteiger charge is -2.31. The Morgan fingerprint density at radius 1 is 1.09 bits per heavy atom. The van der Waals surface area contributed by atoms with Crippen LogP contribution in [0.25, 0.3) is 10.9 Å². The largest absolute Gasteiger partial charge is 0.493 e. The highest BCUT2D eigenvalue weighted by molar-refractivity contribution is 6.08. The molecule has 1 amide bonds. The number of carbonyl (C=O) groups excluding carboxylic acids is 1. The van der Waals surface area contributed by atoms with Crippen molar-refractivity contribution in [3.05, 3.63) is 54.2 Å². The fourth-order valence-electron chi connectivity index (χ4n) is 4.61. The van der Waals surface area contributed by atoms with Crippen molar-refractivity contribution >= 4 is 28.2 Å². The molecular formula is C28H34N4O3. The van der Waals surface area contributed by atoms with Crippen molar-refractivity contribution in [2.24, 2.45) is 5.92 Å². The van der Waals surface area contributed by atoms with Gasteiger partial charge in [0.15, 0.2) is 11.5 Å². The number of methoxy groups -OCH3 is 1. The molecule has 1 aromatic heterocycles. The summed E-state index contributed by atoms with van der Waals surface area (Å²) < 4.78 is 12.0. The minimum Gasteiger partial charge on any atom is -0.493 e. The molecule has 1 aliphatic carbocycles. The summed E-state index contributed by atoms with van der Waals surface area (Å²) in [6.07, 6.45) is 5.98. The summed E-state index contributed by atoms with van der Waals surface area (Å²) in [5, 5.41) is 7.39. The number of nitrogens with one attached hydrogen (secondary N) is 2. The lowest BCUT2D eigenvalue weighted by atomic mass is 9.98. The Labute approximate surface area is 206 Å². The number of aromatic nitrogens is 1. The SMILES string of the molecule is CCN1CCC(COc2cc3c(Nc4ccccc4)c(C(=O)NC4CC4)cnc3cc2OC)CC1. The molecule has 0 bridgehead atoms. The van der Waals surface area contributed by atoms with E-state index in [1.54, 1.807) is 13.3 Å². The summed E-state index contributed by atoms with van der Waals surface area (Å²) >= 11 is 0. The Kier molecular flexibility index (Phi) is 7.04. The Hall–Kier alpha value is -3.32. The number of hydrogen-bond donors (Lipinski definition) is 2. The Morgan fingerprint density at radius 3 is 2.54 bits per heavy atom. The summed E-state index contributed by atoms with van der Waals surface area (Å²) in [6, 6.07) is 14.0. The molecule has 2 N–H and O–H groups in total. The summed E-state index contributed by atoms with van der Waals surface area (Å²) in [6.45, 7) is 6.20. The molecule has 35 heavy (non-hydrogen) atoms. The molecule has 0 atom stereocenters. The van der Waals surface area contributed by atoms with Gasteiger partial charge in [0, 0.05) is 29.4 Å². The number of para-hydroxylation sites is 1. The number of rotatable bonds is 9. The number of benzene rings is 2. The monoisotopic (exact) mass is 474 g/mol. The van der Waals surface area contributed by atoms with Crippen molar-refractivity contribution < 1.29 is 14.3 Å². The van der Waals surface area contributed by atoms with Gasteiger partial charge in [0.2, 0.25) is 0 Å². The van der Waals surface area contributed by atoms with Gasteiger partial charge in [-0.25, -0.2) is 0 Å². The zero-order valence-electron chi connectivity index (χ0n) is 20.5. The molecule has 184 valence electrons. The summed E-state index contributed by atoms with van der Waals surface area (Å²) in [7, 11) is 1.65. The van der Waals surface area contributed by atoms with Crippen molar-refractivity contribution in [2.45, 2.75) is 38.6 Å². The van der Waals surface area contributed by atoms with Gasteiger partial charge < -0.3 is 25.0 Å². The van der Waals surface area contributed by atoms with Crippen LogP contribution in [-0.4, -0.2) is 55.2 Å². The quantitative estimate of drug-likeness (QED) is 0.455. The van der Waals surface area contributed by atoms with Gasteiger partial charge in [-0.3, -0.25) is 9.78 Å². The molecule has 5 rings (SSSR count). The van der Waals surface area contributed by atoms with Gasteiger partial charge in [0.1, 0.15) is 0 Å². The summed E-state index contributed by atoms with van der Waals surface area (Å²) in [4.78, 5) is 20.2. The van der Waals surface area contributed by atoms with E-state index in [1.807, 2.05) is 42.5 Å². The first-order valence-corrected chi connectivity index (χ1v) is 12.6. The van der Waals surface area contributed by atoms with E-state index < -0.39 is 0 Å². The van der Waals surface area contributed by atoms with Gasteiger partial charge in [0.25, 0.3) is 5.91 Å². The zero-order chi connectivity index (χ0) is 24.2. The van der Waals surface area contributed by atoms with Crippen LogP contribution in [0.4, 0.5) is 11.4 Å². The van der Waals surface area contributed by atoms with Gasteiger partial charge >= 0.3 is 0 Å². The van der Waals surface area contributed by atoms with Crippen LogP contribution in [0.3, 0.4) is 0 Å². The number of ether oxygens (including phenoxy) is 2. The first-order valence-electron chi connectivity index (χ1n) is 12.6. The minimum atomic E-state index is -0.110. The minimum absolute atomic E-state index is 0.110. The number of pyridine rings is 1. The van der Waals surface area contributed by atoms with Crippen LogP contribution < -0.4 is 20.1 Å². The lowest BCUT2D eigenvalue weighted by Crippen LogP contribution is -2.35. The standard InChI is InChI=1S/C28H34N4O3/c1-3-32-13-11-19(12-14-32)18-35-26-15-22-24(16-25(26)34-2)29-17-23(28(33)31-21-9-10-21)27(22)30-20-7-5-4-6-8-20/h4-8,15-17,19,21H,3,9-14,18H2,1-2H3,(H,29,30)(H,31,33). The molecule has 2 fully saturated rings. The maximum Gasteiger partial charge on any atom is 0.255 e. The predicted octanol–water partition coefficient (Wildman–Crippen LogP) is 4.99. The Bertz CT molecular complexity index is 1170. The normalized spacial score (nSPS) is 16.7. The van der Waals surface area contributed by atoms with E-state index in [0.29, 0.717) is 29.6 Å². The fraction of sp³-hybridized carbons (Fsp3) is 0.429. The van der Waals surface area contributed by atoms with Crippen LogP contribution >= 0.6 is 0 Å². The highest BCUT2D eigenvalue weighted by Crippen LogP contribution is 2.38. The topological polar surface area (TPSA) is 75.7 Å². The molecule has 1 saturated carbocycles. The summed E-state index contributed by atoms with van der Waals surface area (Å²) in [5.74, 6) is 1.74. The molecular weight excluding hydrogens is 440 g/mol. The first kappa shape index (κ1) is 23.4. The smallest absolute Gasteiger partial charge is 0.255 e. The van der Waals surface area contributed by atoms with Crippen LogP contribution in [0.5, 0.6) is 11.5 Å². The third-order valence-corrected chi connectivity index (χ3v) is 6.98. The number of carbonyl (C=O) groups is 1. The van der Waals surface area contributed by atoms with Crippen LogP contribution in [0.1, 0.15) is 43.0 Å². The highest BCUT2D eigenvalue weighted by Gasteiger charge is 2.26. The first-order chi connectivity index (χ1) is 17.1. The zero-order valence-corrected chi connectivity index (χ0v) is 20.5. The Morgan fingerprint density at radius 2 is 1.86 bits per heavy atom. The molecule has 3 aromatic rings.